The zero-order valence-corrected chi connectivity index (χ0v) is 6.12. The van der Waals surface area contributed by atoms with Crippen molar-refractivity contribution in [2.45, 2.75) is 44.0 Å². The van der Waals surface area contributed by atoms with E-state index in [2.05, 4.69) is 0 Å². The molecule has 3 unspecified atom stereocenters. The lowest BCUT2D eigenvalue weighted by atomic mass is 9.82. The van der Waals surface area contributed by atoms with E-state index in [0.29, 0.717) is 12.8 Å². The van der Waals surface area contributed by atoms with Crippen molar-refractivity contribution in [3.63, 3.8) is 0 Å². The molecule has 0 saturated heterocycles. The van der Waals surface area contributed by atoms with Gasteiger partial charge in [-0.15, -0.1) is 0 Å². The van der Waals surface area contributed by atoms with E-state index in [-0.39, 0.29) is 0 Å². The zero-order valence-electron chi connectivity index (χ0n) is 6.12. The van der Waals surface area contributed by atoms with Gasteiger partial charge in [-0.2, -0.15) is 0 Å². The van der Waals surface area contributed by atoms with Crippen LogP contribution >= 0.6 is 0 Å². The lowest BCUT2D eigenvalue weighted by molar-refractivity contribution is -0.140. The average Bonchev–Trinajstić information content (AvgIpc) is 1.83. The molecule has 3 heteroatoms. The Kier molecular flexibility index (Phi) is 1.99. The molecule has 1 aliphatic rings. The molecule has 1 rings (SSSR count). The molecule has 0 aromatic heterocycles. The van der Waals surface area contributed by atoms with Crippen molar-refractivity contribution in [1.82, 2.24) is 0 Å². The highest BCUT2D eigenvalue weighted by Crippen LogP contribution is 2.27. The summed E-state index contributed by atoms with van der Waals surface area (Å²) >= 11 is 0. The van der Waals surface area contributed by atoms with Crippen molar-refractivity contribution in [2.75, 3.05) is 0 Å². The maximum absolute atomic E-state index is 9.40. The van der Waals surface area contributed by atoms with E-state index in [4.69, 9.17) is 5.11 Å². The summed E-state index contributed by atoms with van der Waals surface area (Å²) in [5.41, 5.74) is -1.09. The Morgan fingerprint density at radius 3 is 2.40 bits per heavy atom. The van der Waals surface area contributed by atoms with Gasteiger partial charge in [0.2, 0.25) is 0 Å². The van der Waals surface area contributed by atoms with Gasteiger partial charge in [-0.3, -0.25) is 0 Å². The molecule has 60 valence electrons. The van der Waals surface area contributed by atoms with Crippen LogP contribution in [0, 0.1) is 0 Å². The van der Waals surface area contributed by atoms with Gasteiger partial charge in [-0.1, -0.05) is 0 Å². The van der Waals surface area contributed by atoms with Gasteiger partial charge in [0.05, 0.1) is 11.7 Å². The van der Waals surface area contributed by atoms with Crippen LogP contribution in [-0.2, 0) is 0 Å². The Morgan fingerprint density at radius 2 is 2.00 bits per heavy atom. The van der Waals surface area contributed by atoms with Crippen LogP contribution in [0.2, 0.25) is 0 Å². The summed E-state index contributed by atoms with van der Waals surface area (Å²) in [4.78, 5) is 0. The molecule has 1 saturated carbocycles. The van der Waals surface area contributed by atoms with Crippen LogP contribution in [-0.4, -0.2) is 33.1 Å². The van der Waals surface area contributed by atoms with E-state index < -0.39 is 17.8 Å². The Labute approximate surface area is 60.3 Å². The lowest BCUT2D eigenvalue weighted by Crippen LogP contribution is -2.49. The molecule has 0 heterocycles. The normalized spacial score (nSPS) is 49.2. The quantitative estimate of drug-likeness (QED) is 0.437. The minimum absolute atomic E-state index is 0.575. The molecule has 3 atom stereocenters. The molecule has 0 radical (unpaired) electrons. The largest absolute Gasteiger partial charge is 0.390 e. The van der Waals surface area contributed by atoms with Gasteiger partial charge in [0.25, 0.3) is 0 Å². The van der Waals surface area contributed by atoms with Crippen LogP contribution in [0.25, 0.3) is 0 Å². The van der Waals surface area contributed by atoms with Crippen LogP contribution in [0.15, 0.2) is 0 Å². The van der Waals surface area contributed by atoms with E-state index in [1.165, 1.54) is 0 Å². The van der Waals surface area contributed by atoms with Crippen LogP contribution in [0.5, 0.6) is 0 Å². The lowest BCUT2D eigenvalue weighted by Gasteiger charge is -2.36. The van der Waals surface area contributed by atoms with E-state index in [1.807, 2.05) is 0 Å². The van der Waals surface area contributed by atoms with Crippen molar-refractivity contribution in [2.24, 2.45) is 0 Å². The first-order valence-corrected chi connectivity index (χ1v) is 3.62. The molecule has 0 spiro atoms. The highest BCUT2D eigenvalue weighted by molar-refractivity contribution is 4.90. The molecule has 0 amide bonds. The fourth-order valence-corrected chi connectivity index (χ4v) is 1.39. The second-order valence-electron chi connectivity index (χ2n) is 3.26. The standard InChI is InChI=1S/C7H14O3/c1-7(10)4-2-3-5(8)6(7)9/h5-6,8-10H,2-4H2,1H3. The van der Waals surface area contributed by atoms with Crippen LogP contribution in [0.1, 0.15) is 26.2 Å². The monoisotopic (exact) mass is 146 g/mol. The first-order valence-electron chi connectivity index (χ1n) is 3.62. The van der Waals surface area contributed by atoms with E-state index in [0.717, 1.165) is 6.42 Å². The first-order chi connectivity index (χ1) is 4.54. The highest BCUT2D eigenvalue weighted by Gasteiger charge is 2.38. The fourth-order valence-electron chi connectivity index (χ4n) is 1.39. The Balaban J connectivity index is 2.60. The number of aliphatic hydroxyl groups excluding tert-OH is 2. The van der Waals surface area contributed by atoms with Crippen LogP contribution in [0.3, 0.4) is 0 Å². The minimum Gasteiger partial charge on any atom is -0.390 e. The molecule has 0 aromatic rings. The van der Waals surface area contributed by atoms with Gasteiger partial charge < -0.3 is 15.3 Å². The van der Waals surface area contributed by atoms with E-state index in [1.54, 1.807) is 6.92 Å². The minimum atomic E-state index is -1.09. The van der Waals surface area contributed by atoms with Gasteiger partial charge in [-0.05, 0) is 26.2 Å². The fraction of sp³-hybridized carbons (Fsp3) is 1.00. The smallest absolute Gasteiger partial charge is 0.108 e. The topological polar surface area (TPSA) is 60.7 Å². The Morgan fingerprint density at radius 1 is 1.40 bits per heavy atom. The predicted octanol–water partition coefficient (Wildman–Crippen LogP) is -0.357. The maximum Gasteiger partial charge on any atom is 0.108 e. The van der Waals surface area contributed by atoms with Crippen molar-refractivity contribution < 1.29 is 15.3 Å². The number of rotatable bonds is 0. The molecular formula is C7H14O3. The van der Waals surface area contributed by atoms with Gasteiger partial charge in [0.1, 0.15) is 6.10 Å². The highest BCUT2D eigenvalue weighted by atomic mass is 16.4. The summed E-state index contributed by atoms with van der Waals surface area (Å²) in [5.74, 6) is 0. The molecule has 0 aliphatic heterocycles. The third-order valence-corrected chi connectivity index (χ3v) is 2.18. The van der Waals surface area contributed by atoms with Gasteiger partial charge in [0.15, 0.2) is 0 Å². The van der Waals surface area contributed by atoms with Crippen LogP contribution < -0.4 is 0 Å². The summed E-state index contributed by atoms with van der Waals surface area (Å²) < 4.78 is 0. The second-order valence-corrected chi connectivity index (χ2v) is 3.26. The summed E-state index contributed by atoms with van der Waals surface area (Å²) in [6.45, 7) is 1.56. The summed E-state index contributed by atoms with van der Waals surface area (Å²) in [7, 11) is 0. The molecule has 10 heavy (non-hydrogen) atoms. The molecule has 0 aromatic carbocycles. The van der Waals surface area contributed by atoms with Crippen molar-refractivity contribution in [3.8, 4) is 0 Å². The number of hydrogen-bond acceptors (Lipinski definition) is 3. The van der Waals surface area contributed by atoms with Gasteiger partial charge in [0, 0.05) is 0 Å². The third kappa shape index (κ3) is 1.31. The summed E-state index contributed by atoms with van der Waals surface area (Å²) in [6, 6.07) is 0. The third-order valence-electron chi connectivity index (χ3n) is 2.18. The molecular weight excluding hydrogens is 132 g/mol. The SMILES string of the molecule is CC1(O)CCCC(O)C1O. The van der Waals surface area contributed by atoms with Crippen molar-refractivity contribution in [1.29, 1.82) is 0 Å². The number of aliphatic hydroxyl groups is 3. The summed E-state index contributed by atoms with van der Waals surface area (Å²) in [6.07, 6.45) is 0.235. The van der Waals surface area contributed by atoms with Crippen molar-refractivity contribution >= 4 is 0 Å². The Bertz CT molecular complexity index is 122. The maximum atomic E-state index is 9.40. The predicted molar refractivity (Wildman–Crippen MR) is 36.5 cm³/mol. The molecule has 1 aliphatic carbocycles. The van der Waals surface area contributed by atoms with Gasteiger partial charge in [-0.25, -0.2) is 0 Å². The first kappa shape index (κ1) is 7.98. The summed E-state index contributed by atoms with van der Waals surface area (Å²) in [5, 5.41) is 27.7. The van der Waals surface area contributed by atoms with Crippen molar-refractivity contribution in [3.05, 3.63) is 0 Å². The van der Waals surface area contributed by atoms with Gasteiger partial charge >= 0.3 is 0 Å². The van der Waals surface area contributed by atoms with Crippen LogP contribution in [0.4, 0.5) is 0 Å². The zero-order chi connectivity index (χ0) is 7.78. The molecule has 0 bridgehead atoms. The van der Waals surface area contributed by atoms with E-state index >= 15 is 0 Å². The molecule has 3 nitrogen and oxygen atoms in total. The molecule has 1 fully saturated rings. The van der Waals surface area contributed by atoms with E-state index in [9.17, 15) is 10.2 Å². The Hall–Kier alpha value is -0.120. The molecule has 3 N–H and O–H groups in total. The average molecular weight is 146 g/mol. The second kappa shape index (κ2) is 2.49. The number of hydrogen-bond donors (Lipinski definition) is 3.